The van der Waals surface area contributed by atoms with Crippen LogP contribution in [0.25, 0.3) is 22.2 Å². The summed E-state index contributed by atoms with van der Waals surface area (Å²) < 4.78 is 5.92. The maximum absolute atomic E-state index is 12.3. The molecule has 0 saturated heterocycles. The van der Waals surface area contributed by atoms with Gasteiger partial charge in [0, 0.05) is 12.6 Å². The highest BCUT2D eigenvalue weighted by atomic mass is 16.5. The van der Waals surface area contributed by atoms with E-state index in [0.29, 0.717) is 5.56 Å². The Morgan fingerprint density at radius 2 is 1.88 bits per heavy atom. The van der Waals surface area contributed by atoms with Gasteiger partial charge in [0.2, 0.25) is 0 Å². The van der Waals surface area contributed by atoms with Crippen LogP contribution in [0.4, 0.5) is 0 Å². The number of carbonyl (C=O) groups excluding carboxylic acids is 1. The van der Waals surface area contributed by atoms with Crippen LogP contribution in [0.15, 0.2) is 39.9 Å². The highest BCUT2D eigenvalue weighted by molar-refractivity contribution is 5.98. The molecular formula is C17H15N3O4. The monoisotopic (exact) mass is 325 g/mol. The molecule has 2 heterocycles. The third-order valence-electron chi connectivity index (χ3n) is 3.83. The van der Waals surface area contributed by atoms with Crippen molar-refractivity contribution in [2.75, 3.05) is 7.11 Å². The molecule has 0 amide bonds. The molecule has 0 radical (unpaired) electrons. The SMILES string of the molecule is COC(=O)c1cc(-c2ccc(C)cc2)c2c(=O)[nH]c(=O)n(C)c2n1. The number of aromatic nitrogens is 3. The van der Waals surface area contributed by atoms with E-state index in [4.69, 9.17) is 4.74 Å². The number of aryl methyl sites for hydroxylation is 2. The van der Waals surface area contributed by atoms with Gasteiger partial charge in [-0.1, -0.05) is 29.8 Å². The van der Waals surface area contributed by atoms with Crippen molar-refractivity contribution in [2.24, 2.45) is 7.05 Å². The van der Waals surface area contributed by atoms with E-state index in [1.165, 1.54) is 24.8 Å². The number of nitrogens with zero attached hydrogens (tertiary/aromatic N) is 2. The highest BCUT2D eigenvalue weighted by Gasteiger charge is 2.18. The van der Waals surface area contributed by atoms with E-state index < -0.39 is 17.2 Å². The Hall–Kier alpha value is -3.22. The molecule has 1 N–H and O–H groups in total. The van der Waals surface area contributed by atoms with Crippen molar-refractivity contribution in [3.05, 3.63) is 62.4 Å². The van der Waals surface area contributed by atoms with Crippen molar-refractivity contribution in [1.82, 2.24) is 14.5 Å². The Morgan fingerprint density at radius 1 is 1.21 bits per heavy atom. The van der Waals surface area contributed by atoms with E-state index >= 15 is 0 Å². The Bertz CT molecular complexity index is 1060. The minimum absolute atomic E-state index is 0.0289. The zero-order chi connectivity index (χ0) is 17.4. The van der Waals surface area contributed by atoms with Crippen molar-refractivity contribution < 1.29 is 9.53 Å². The predicted octanol–water partition coefficient (Wildman–Crippen LogP) is 1.38. The molecule has 7 nitrogen and oxygen atoms in total. The Labute approximate surface area is 136 Å². The number of esters is 1. The average molecular weight is 325 g/mol. The number of benzene rings is 1. The summed E-state index contributed by atoms with van der Waals surface area (Å²) in [6, 6.07) is 8.98. The van der Waals surface area contributed by atoms with E-state index in [1.807, 2.05) is 31.2 Å². The molecule has 0 aliphatic carbocycles. The van der Waals surface area contributed by atoms with Crippen LogP contribution in [0.5, 0.6) is 0 Å². The van der Waals surface area contributed by atoms with Gasteiger partial charge in [0.15, 0.2) is 11.3 Å². The number of fused-ring (bicyclic) bond motifs is 1. The number of aromatic amines is 1. The topological polar surface area (TPSA) is 94.0 Å². The molecule has 0 unspecified atom stereocenters. The van der Waals surface area contributed by atoms with Crippen LogP contribution in [0.1, 0.15) is 16.1 Å². The van der Waals surface area contributed by atoms with Crippen molar-refractivity contribution in [3.8, 4) is 11.1 Å². The van der Waals surface area contributed by atoms with Crippen molar-refractivity contribution in [3.63, 3.8) is 0 Å². The number of rotatable bonds is 2. The smallest absolute Gasteiger partial charge is 0.356 e. The van der Waals surface area contributed by atoms with Crippen LogP contribution in [-0.4, -0.2) is 27.6 Å². The fraction of sp³-hybridized carbons (Fsp3) is 0.176. The summed E-state index contributed by atoms with van der Waals surface area (Å²) in [6.45, 7) is 1.95. The fourth-order valence-corrected chi connectivity index (χ4v) is 2.51. The van der Waals surface area contributed by atoms with E-state index in [1.54, 1.807) is 0 Å². The van der Waals surface area contributed by atoms with Gasteiger partial charge < -0.3 is 4.74 Å². The van der Waals surface area contributed by atoms with Gasteiger partial charge in [0.1, 0.15) is 0 Å². The first-order chi connectivity index (χ1) is 11.4. The zero-order valence-electron chi connectivity index (χ0n) is 13.4. The molecule has 3 aromatic rings. The second-order valence-electron chi connectivity index (χ2n) is 5.43. The largest absolute Gasteiger partial charge is 0.464 e. The quantitative estimate of drug-likeness (QED) is 0.718. The molecule has 7 heteroatoms. The number of H-pyrrole nitrogens is 1. The Kier molecular flexibility index (Phi) is 3.76. The van der Waals surface area contributed by atoms with Crippen LogP contribution in [0.2, 0.25) is 0 Å². The molecule has 0 saturated carbocycles. The van der Waals surface area contributed by atoms with Gasteiger partial charge in [0.05, 0.1) is 12.5 Å². The van der Waals surface area contributed by atoms with Gasteiger partial charge in [-0.3, -0.25) is 14.3 Å². The summed E-state index contributed by atoms with van der Waals surface area (Å²) in [5, 5.41) is 0.244. The molecule has 0 fully saturated rings. The lowest BCUT2D eigenvalue weighted by atomic mass is 10.0. The maximum Gasteiger partial charge on any atom is 0.356 e. The predicted molar refractivity (Wildman–Crippen MR) is 89.1 cm³/mol. The highest BCUT2D eigenvalue weighted by Crippen LogP contribution is 2.26. The van der Waals surface area contributed by atoms with Crippen LogP contribution in [-0.2, 0) is 11.8 Å². The van der Waals surface area contributed by atoms with E-state index in [0.717, 1.165) is 11.1 Å². The first kappa shape index (κ1) is 15.7. The third kappa shape index (κ3) is 2.50. The summed E-state index contributed by atoms with van der Waals surface area (Å²) in [5.74, 6) is -0.641. The lowest BCUT2D eigenvalue weighted by molar-refractivity contribution is 0.0594. The molecule has 1 aromatic carbocycles. The van der Waals surface area contributed by atoms with E-state index in [-0.39, 0.29) is 16.7 Å². The number of carbonyl (C=O) groups is 1. The summed E-state index contributed by atoms with van der Waals surface area (Å²) in [4.78, 5) is 42.5. The van der Waals surface area contributed by atoms with Crippen molar-refractivity contribution >= 4 is 17.0 Å². The number of pyridine rings is 1. The second-order valence-corrected chi connectivity index (χ2v) is 5.43. The lowest BCUT2D eigenvalue weighted by Gasteiger charge is -2.11. The van der Waals surface area contributed by atoms with Crippen LogP contribution < -0.4 is 11.2 Å². The van der Waals surface area contributed by atoms with Crippen molar-refractivity contribution in [2.45, 2.75) is 6.92 Å². The molecule has 3 rings (SSSR count). The molecular weight excluding hydrogens is 310 g/mol. The van der Waals surface area contributed by atoms with Gasteiger partial charge in [-0.2, -0.15) is 0 Å². The first-order valence-corrected chi connectivity index (χ1v) is 7.22. The Morgan fingerprint density at radius 3 is 2.50 bits per heavy atom. The molecule has 0 bridgehead atoms. The molecule has 122 valence electrons. The second kappa shape index (κ2) is 5.77. The maximum atomic E-state index is 12.3. The minimum atomic E-state index is -0.641. The van der Waals surface area contributed by atoms with Crippen LogP contribution >= 0.6 is 0 Å². The molecule has 0 aliphatic heterocycles. The van der Waals surface area contributed by atoms with Crippen LogP contribution in [0.3, 0.4) is 0 Å². The van der Waals surface area contributed by atoms with Gasteiger partial charge in [-0.15, -0.1) is 0 Å². The van der Waals surface area contributed by atoms with E-state index in [9.17, 15) is 14.4 Å². The minimum Gasteiger partial charge on any atom is -0.464 e. The summed E-state index contributed by atoms with van der Waals surface area (Å²) >= 11 is 0. The third-order valence-corrected chi connectivity index (χ3v) is 3.83. The number of hydrogen-bond donors (Lipinski definition) is 1. The fourth-order valence-electron chi connectivity index (χ4n) is 2.51. The van der Waals surface area contributed by atoms with Crippen molar-refractivity contribution in [1.29, 1.82) is 0 Å². The first-order valence-electron chi connectivity index (χ1n) is 7.22. The van der Waals surface area contributed by atoms with Gasteiger partial charge in [0.25, 0.3) is 5.56 Å². The standard InChI is InChI=1S/C17H15N3O4/c1-9-4-6-10(7-5-9)11-8-12(16(22)24-3)18-14-13(11)15(21)19-17(23)20(14)2/h4-8H,1-3H3,(H,19,21,23). The molecule has 24 heavy (non-hydrogen) atoms. The number of methoxy groups -OCH3 is 1. The van der Waals surface area contributed by atoms with Gasteiger partial charge >= 0.3 is 11.7 Å². The average Bonchev–Trinajstić information content (AvgIpc) is 2.58. The van der Waals surface area contributed by atoms with Crippen LogP contribution in [0, 0.1) is 6.92 Å². The number of nitrogens with one attached hydrogen (secondary N) is 1. The van der Waals surface area contributed by atoms with Gasteiger partial charge in [-0.25, -0.2) is 14.6 Å². The molecule has 0 atom stereocenters. The summed E-state index contributed by atoms with van der Waals surface area (Å²) in [7, 11) is 2.73. The Balaban J connectivity index is 2.48. The number of hydrogen-bond acceptors (Lipinski definition) is 5. The summed E-state index contributed by atoms with van der Waals surface area (Å²) in [5.41, 5.74) is 1.32. The summed E-state index contributed by atoms with van der Waals surface area (Å²) in [6.07, 6.45) is 0. The van der Waals surface area contributed by atoms with Gasteiger partial charge in [-0.05, 0) is 18.6 Å². The lowest BCUT2D eigenvalue weighted by Crippen LogP contribution is -2.29. The number of ether oxygens (including phenoxy) is 1. The van der Waals surface area contributed by atoms with E-state index in [2.05, 4.69) is 9.97 Å². The molecule has 0 aliphatic rings. The molecule has 0 spiro atoms. The zero-order valence-corrected chi connectivity index (χ0v) is 13.4. The normalized spacial score (nSPS) is 10.8. The molecule has 2 aromatic heterocycles.